The first kappa shape index (κ1) is 17.8. The molecule has 136 valence electrons. The molecule has 0 atom stereocenters. The first-order valence-corrected chi connectivity index (χ1v) is 8.74. The van der Waals surface area contributed by atoms with Gasteiger partial charge < -0.3 is 20.1 Å². The number of aromatic nitrogens is 2. The zero-order valence-electron chi connectivity index (χ0n) is 15.5. The smallest absolute Gasteiger partial charge is 0.315 e. The SMILES string of the molecule is Cc1nc2ccccc2n1CCNC(=O)NCc1ccc(N(C)C)cc1. The molecule has 0 unspecified atom stereocenters. The van der Waals surface area contributed by atoms with E-state index in [0.29, 0.717) is 19.6 Å². The van der Waals surface area contributed by atoms with Crippen LogP contribution in [0.25, 0.3) is 11.0 Å². The van der Waals surface area contributed by atoms with Crippen molar-refractivity contribution in [2.24, 2.45) is 0 Å². The highest BCUT2D eigenvalue weighted by atomic mass is 16.2. The third-order valence-electron chi connectivity index (χ3n) is 4.37. The lowest BCUT2D eigenvalue weighted by Gasteiger charge is -2.13. The number of fused-ring (bicyclic) bond motifs is 1. The second-order valence-corrected chi connectivity index (χ2v) is 6.47. The predicted octanol–water partition coefficient (Wildman–Crippen LogP) is 2.91. The van der Waals surface area contributed by atoms with E-state index in [4.69, 9.17) is 0 Å². The Balaban J connectivity index is 1.47. The summed E-state index contributed by atoms with van der Waals surface area (Å²) in [7, 11) is 4.01. The van der Waals surface area contributed by atoms with Crippen LogP contribution in [0.1, 0.15) is 11.4 Å². The van der Waals surface area contributed by atoms with Gasteiger partial charge in [0.1, 0.15) is 5.82 Å². The lowest BCUT2D eigenvalue weighted by molar-refractivity contribution is 0.240. The summed E-state index contributed by atoms with van der Waals surface area (Å²) in [5.74, 6) is 0.953. The van der Waals surface area contributed by atoms with Gasteiger partial charge in [-0.15, -0.1) is 0 Å². The van der Waals surface area contributed by atoms with Crippen molar-refractivity contribution in [2.45, 2.75) is 20.0 Å². The van der Waals surface area contributed by atoms with Crippen molar-refractivity contribution < 1.29 is 4.79 Å². The van der Waals surface area contributed by atoms with E-state index in [1.165, 1.54) is 0 Å². The number of carbonyl (C=O) groups excluding carboxylic acids is 1. The number of carbonyl (C=O) groups is 1. The predicted molar refractivity (Wildman–Crippen MR) is 105 cm³/mol. The second-order valence-electron chi connectivity index (χ2n) is 6.47. The highest BCUT2D eigenvalue weighted by Crippen LogP contribution is 2.15. The number of para-hydroxylation sites is 2. The Bertz CT molecular complexity index is 883. The molecule has 6 nitrogen and oxygen atoms in total. The number of urea groups is 1. The molecular weight excluding hydrogens is 326 g/mol. The van der Waals surface area contributed by atoms with E-state index in [-0.39, 0.29) is 6.03 Å². The summed E-state index contributed by atoms with van der Waals surface area (Å²) in [6, 6.07) is 16.0. The number of imidazole rings is 1. The van der Waals surface area contributed by atoms with Crippen LogP contribution in [0, 0.1) is 6.92 Å². The van der Waals surface area contributed by atoms with Crippen LogP contribution < -0.4 is 15.5 Å². The van der Waals surface area contributed by atoms with Gasteiger partial charge in [-0.3, -0.25) is 0 Å². The molecule has 0 spiro atoms. The highest BCUT2D eigenvalue weighted by molar-refractivity contribution is 5.76. The fourth-order valence-corrected chi connectivity index (χ4v) is 2.92. The number of aryl methyl sites for hydroxylation is 1. The molecule has 0 radical (unpaired) electrons. The average molecular weight is 351 g/mol. The molecule has 3 aromatic rings. The molecule has 0 saturated heterocycles. The number of anilines is 1. The Morgan fingerprint density at radius 2 is 1.81 bits per heavy atom. The lowest BCUT2D eigenvalue weighted by Crippen LogP contribution is -2.36. The van der Waals surface area contributed by atoms with Crippen LogP contribution in [0.2, 0.25) is 0 Å². The second kappa shape index (κ2) is 7.91. The fraction of sp³-hybridized carbons (Fsp3) is 0.300. The number of hydrogen-bond acceptors (Lipinski definition) is 3. The lowest BCUT2D eigenvalue weighted by atomic mass is 10.2. The van der Waals surface area contributed by atoms with E-state index in [2.05, 4.69) is 20.2 Å². The zero-order valence-corrected chi connectivity index (χ0v) is 15.5. The van der Waals surface area contributed by atoms with Crippen molar-refractivity contribution in [2.75, 3.05) is 25.5 Å². The van der Waals surface area contributed by atoms with Crippen LogP contribution in [-0.2, 0) is 13.1 Å². The van der Waals surface area contributed by atoms with Gasteiger partial charge in [-0.25, -0.2) is 9.78 Å². The van der Waals surface area contributed by atoms with Crippen molar-refractivity contribution in [3.8, 4) is 0 Å². The molecule has 1 aromatic heterocycles. The molecular formula is C20H25N5O. The highest BCUT2D eigenvalue weighted by Gasteiger charge is 2.07. The average Bonchev–Trinajstić information content (AvgIpc) is 2.96. The molecule has 0 saturated carbocycles. The summed E-state index contributed by atoms with van der Waals surface area (Å²) in [6.45, 7) is 3.73. The minimum Gasteiger partial charge on any atom is -0.378 e. The van der Waals surface area contributed by atoms with Crippen molar-refractivity contribution >= 4 is 22.8 Å². The van der Waals surface area contributed by atoms with Crippen molar-refractivity contribution in [1.29, 1.82) is 0 Å². The Hall–Kier alpha value is -3.02. The summed E-state index contributed by atoms with van der Waals surface area (Å²) in [4.78, 5) is 18.6. The molecule has 0 aliphatic heterocycles. The first-order chi connectivity index (χ1) is 12.5. The van der Waals surface area contributed by atoms with Gasteiger partial charge in [0.15, 0.2) is 0 Å². The van der Waals surface area contributed by atoms with E-state index in [9.17, 15) is 4.79 Å². The Morgan fingerprint density at radius 3 is 2.54 bits per heavy atom. The number of nitrogens with zero attached hydrogens (tertiary/aromatic N) is 3. The third-order valence-corrected chi connectivity index (χ3v) is 4.37. The van der Waals surface area contributed by atoms with Crippen LogP contribution in [0.15, 0.2) is 48.5 Å². The molecule has 1 heterocycles. The quantitative estimate of drug-likeness (QED) is 0.718. The van der Waals surface area contributed by atoms with Gasteiger partial charge in [0, 0.05) is 39.4 Å². The van der Waals surface area contributed by atoms with Gasteiger partial charge in [-0.05, 0) is 36.8 Å². The standard InChI is InChI=1S/C20H25N5O/c1-15-23-18-6-4-5-7-19(18)25(15)13-12-21-20(26)22-14-16-8-10-17(11-9-16)24(2)3/h4-11H,12-14H2,1-3H3,(H2,21,22,26). The summed E-state index contributed by atoms with van der Waals surface area (Å²) in [5.41, 5.74) is 4.28. The molecule has 2 aromatic carbocycles. The number of hydrogen-bond donors (Lipinski definition) is 2. The molecule has 0 fully saturated rings. The van der Waals surface area contributed by atoms with Crippen LogP contribution in [0.4, 0.5) is 10.5 Å². The summed E-state index contributed by atoms with van der Waals surface area (Å²) < 4.78 is 2.12. The van der Waals surface area contributed by atoms with Gasteiger partial charge in [0.25, 0.3) is 0 Å². The van der Waals surface area contributed by atoms with Crippen molar-refractivity contribution in [1.82, 2.24) is 20.2 Å². The normalized spacial score (nSPS) is 10.7. The molecule has 0 aliphatic rings. The topological polar surface area (TPSA) is 62.2 Å². The fourth-order valence-electron chi connectivity index (χ4n) is 2.92. The van der Waals surface area contributed by atoms with Crippen molar-refractivity contribution in [3.05, 3.63) is 59.9 Å². The number of nitrogens with one attached hydrogen (secondary N) is 2. The summed E-state index contributed by atoms with van der Waals surface area (Å²) in [6.07, 6.45) is 0. The van der Waals surface area contributed by atoms with Gasteiger partial charge in [-0.1, -0.05) is 24.3 Å². The molecule has 3 rings (SSSR count). The van der Waals surface area contributed by atoms with Crippen LogP contribution in [0.5, 0.6) is 0 Å². The minimum absolute atomic E-state index is 0.163. The maximum Gasteiger partial charge on any atom is 0.315 e. The Morgan fingerprint density at radius 1 is 1.08 bits per heavy atom. The molecule has 6 heteroatoms. The largest absolute Gasteiger partial charge is 0.378 e. The van der Waals surface area contributed by atoms with E-state index < -0.39 is 0 Å². The number of amides is 2. The van der Waals surface area contributed by atoms with Crippen LogP contribution >= 0.6 is 0 Å². The molecule has 2 amide bonds. The van der Waals surface area contributed by atoms with Gasteiger partial charge >= 0.3 is 6.03 Å². The maximum atomic E-state index is 12.0. The van der Waals surface area contributed by atoms with E-state index >= 15 is 0 Å². The monoisotopic (exact) mass is 351 g/mol. The van der Waals surface area contributed by atoms with Gasteiger partial charge in [-0.2, -0.15) is 0 Å². The van der Waals surface area contributed by atoms with Gasteiger partial charge in [0.05, 0.1) is 11.0 Å². The number of rotatable bonds is 6. The summed E-state index contributed by atoms with van der Waals surface area (Å²) >= 11 is 0. The Labute approximate surface area is 153 Å². The van der Waals surface area contributed by atoms with E-state index in [0.717, 1.165) is 28.1 Å². The third kappa shape index (κ3) is 4.14. The molecule has 0 aliphatic carbocycles. The molecule has 2 N–H and O–H groups in total. The first-order valence-electron chi connectivity index (χ1n) is 8.74. The van der Waals surface area contributed by atoms with E-state index in [1.807, 2.05) is 74.4 Å². The maximum absolute atomic E-state index is 12.0. The Kier molecular flexibility index (Phi) is 5.41. The molecule has 0 bridgehead atoms. The van der Waals surface area contributed by atoms with Gasteiger partial charge in [0.2, 0.25) is 0 Å². The summed E-state index contributed by atoms with van der Waals surface area (Å²) in [5, 5.41) is 5.80. The van der Waals surface area contributed by atoms with Crippen molar-refractivity contribution in [3.63, 3.8) is 0 Å². The van der Waals surface area contributed by atoms with Crippen LogP contribution in [0.3, 0.4) is 0 Å². The van der Waals surface area contributed by atoms with E-state index in [1.54, 1.807) is 0 Å². The number of benzene rings is 2. The minimum atomic E-state index is -0.163. The molecule has 26 heavy (non-hydrogen) atoms. The zero-order chi connectivity index (χ0) is 18.5. The van der Waals surface area contributed by atoms with Crippen LogP contribution in [-0.4, -0.2) is 36.2 Å².